The Morgan fingerprint density at radius 3 is 1.90 bits per heavy atom. The van der Waals surface area contributed by atoms with Crippen LogP contribution in [0.25, 0.3) is 0 Å². The number of carbonyl (C=O) groups is 1. The van der Waals surface area contributed by atoms with Crippen molar-refractivity contribution >= 4 is 25.6 Å². The lowest BCUT2D eigenvalue weighted by Crippen LogP contribution is -2.22. The van der Waals surface area contributed by atoms with Crippen LogP contribution in [0.2, 0.25) is 0 Å². The van der Waals surface area contributed by atoms with Gasteiger partial charge in [-0.25, -0.2) is 16.8 Å². The van der Waals surface area contributed by atoms with E-state index in [0.29, 0.717) is 5.57 Å². The first-order valence-electron chi connectivity index (χ1n) is 9.38. The Morgan fingerprint density at radius 1 is 0.833 bits per heavy atom. The fraction of sp³-hybridized carbons (Fsp3) is 0.227. The molecule has 0 aliphatic heterocycles. The average molecular weight is 445 g/mol. The number of fused-ring (bicyclic) bond motifs is 1. The summed E-state index contributed by atoms with van der Waals surface area (Å²) in [6.07, 6.45) is 1.50. The van der Waals surface area contributed by atoms with E-state index in [1.165, 1.54) is 37.5 Å². The highest BCUT2D eigenvalue weighted by Gasteiger charge is 2.47. The molecule has 0 heterocycles. The number of carbonyl (C=O) groups excluding carboxylic acids is 1. The van der Waals surface area contributed by atoms with Gasteiger partial charge in [0, 0.05) is 5.92 Å². The summed E-state index contributed by atoms with van der Waals surface area (Å²) in [5.41, 5.74) is 0.392. The summed E-state index contributed by atoms with van der Waals surface area (Å²) in [6, 6.07) is 15.9. The Bertz CT molecular complexity index is 1260. The van der Waals surface area contributed by atoms with Crippen LogP contribution in [0, 0.1) is 11.8 Å². The van der Waals surface area contributed by atoms with Gasteiger partial charge in [-0.3, -0.25) is 4.79 Å². The van der Waals surface area contributed by atoms with Crippen LogP contribution in [0.15, 0.2) is 91.9 Å². The van der Waals surface area contributed by atoms with Crippen molar-refractivity contribution in [3.8, 4) is 0 Å². The molecular weight excluding hydrogens is 424 g/mol. The first kappa shape index (κ1) is 20.6. The van der Waals surface area contributed by atoms with Crippen molar-refractivity contribution < 1.29 is 26.4 Å². The van der Waals surface area contributed by atoms with Gasteiger partial charge in [-0.15, -0.1) is 0 Å². The van der Waals surface area contributed by atoms with E-state index in [-0.39, 0.29) is 32.4 Å². The van der Waals surface area contributed by atoms with Crippen LogP contribution in [0.4, 0.5) is 0 Å². The van der Waals surface area contributed by atoms with Gasteiger partial charge in [0.2, 0.25) is 19.7 Å². The lowest BCUT2D eigenvalue weighted by Gasteiger charge is -2.16. The van der Waals surface area contributed by atoms with Crippen LogP contribution in [-0.2, 0) is 29.2 Å². The molecule has 2 aliphatic carbocycles. The first-order chi connectivity index (χ1) is 14.3. The summed E-state index contributed by atoms with van der Waals surface area (Å²) >= 11 is 0. The molecule has 0 N–H and O–H groups in total. The summed E-state index contributed by atoms with van der Waals surface area (Å²) in [6.45, 7) is 0. The van der Waals surface area contributed by atoms with Gasteiger partial charge in [0.1, 0.15) is 0 Å². The second kappa shape index (κ2) is 7.52. The standard InChI is InChI=1S/C22H20O6S2/c1-28-22(23)20-14-21(30(26,27)16-10-6-3-7-11-16)19-13-17(12-18(19)20)29(24,25)15-8-4-2-5-9-15/h2-11,13,18,20H,12,14H2,1H3. The third kappa shape index (κ3) is 3.30. The van der Waals surface area contributed by atoms with Crippen molar-refractivity contribution in [2.75, 3.05) is 7.11 Å². The average Bonchev–Trinajstić information content (AvgIpc) is 3.34. The van der Waals surface area contributed by atoms with Gasteiger partial charge in [-0.2, -0.15) is 0 Å². The second-order valence-electron chi connectivity index (χ2n) is 7.27. The second-order valence-corrected chi connectivity index (χ2v) is 11.2. The van der Waals surface area contributed by atoms with Crippen molar-refractivity contribution in [1.29, 1.82) is 0 Å². The minimum Gasteiger partial charge on any atom is -0.469 e. The van der Waals surface area contributed by atoms with Crippen LogP contribution in [0.5, 0.6) is 0 Å². The molecule has 0 aromatic heterocycles. The maximum Gasteiger partial charge on any atom is 0.309 e. The molecule has 2 unspecified atom stereocenters. The van der Waals surface area contributed by atoms with E-state index in [4.69, 9.17) is 4.74 Å². The van der Waals surface area contributed by atoms with Crippen molar-refractivity contribution in [2.45, 2.75) is 22.6 Å². The van der Waals surface area contributed by atoms with Gasteiger partial charge in [0.15, 0.2) is 0 Å². The highest BCUT2D eigenvalue weighted by Crippen LogP contribution is 2.50. The summed E-state index contributed by atoms with van der Waals surface area (Å²) in [5.74, 6) is -1.82. The van der Waals surface area contributed by atoms with E-state index in [9.17, 15) is 21.6 Å². The molecule has 0 amide bonds. The molecule has 6 nitrogen and oxygen atoms in total. The number of hydrogen-bond donors (Lipinski definition) is 0. The molecule has 2 aromatic rings. The topological polar surface area (TPSA) is 94.6 Å². The minimum atomic E-state index is -3.87. The van der Waals surface area contributed by atoms with E-state index in [1.807, 2.05) is 0 Å². The van der Waals surface area contributed by atoms with E-state index in [0.717, 1.165) is 0 Å². The maximum atomic E-state index is 13.3. The third-order valence-corrected chi connectivity index (χ3v) is 9.44. The van der Waals surface area contributed by atoms with Gasteiger partial charge in [0.25, 0.3) is 0 Å². The lowest BCUT2D eigenvalue weighted by molar-refractivity contribution is -0.146. The van der Waals surface area contributed by atoms with Crippen LogP contribution in [0.1, 0.15) is 12.8 Å². The molecule has 0 bridgehead atoms. The van der Waals surface area contributed by atoms with Gasteiger partial charge in [-0.1, -0.05) is 36.4 Å². The zero-order valence-corrected chi connectivity index (χ0v) is 17.8. The highest BCUT2D eigenvalue weighted by molar-refractivity contribution is 7.95. The number of methoxy groups -OCH3 is 1. The normalized spacial score (nSPS) is 21.3. The minimum absolute atomic E-state index is 0.000927. The zero-order valence-electron chi connectivity index (χ0n) is 16.2. The van der Waals surface area contributed by atoms with Gasteiger partial charge >= 0.3 is 5.97 Å². The van der Waals surface area contributed by atoms with Crippen LogP contribution < -0.4 is 0 Å². The third-order valence-electron chi connectivity index (χ3n) is 5.63. The maximum absolute atomic E-state index is 13.3. The molecule has 0 fully saturated rings. The van der Waals surface area contributed by atoms with Crippen LogP contribution in [0.3, 0.4) is 0 Å². The summed E-state index contributed by atoms with van der Waals surface area (Å²) < 4.78 is 57.6. The Hall–Kier alpha value is -2.71. The van der Waals surface area contributed by atoms with Gasteiger partial charge in [-0.05, 0) is 48.8 Å². The molecule has 0 radical (unpaired) electrons. The molecule has 156 valence electrons. The number of hydrogen-bond acceptors (Lipinski definition) is 6. The fourth-order valence-corrected chi connectivity index (χ4v) is 7.34. The summed E-state index contributed by atoms with van der Waals surface area (Å²) in [7, 11) is -6.41. The van der Waals surface area contributed by atoms with Crippen molar-refractivity contribution in [3.05, 3.63) is 82.1 Å². The molecule has 2 aliphatic rings. The number of sulfone groups is 2. The van der Waals surface area contributed by atoms with Crippen molar-refractivity contribution in [2.24, 2.45) is 11.8 Å². The van der Waals surface area contributed by atoms with Gasteiger partial charge < -0.3 is 4.74 Å². The molecule has 0 spiro atoms. The van der Waals surface area contributed by atoms with Crippen LogP contribution in [-0.4, -0.2) is 29.9 Å². The van der Waals surface area contributed by atoms with E-state index < -0.39 is 37.5 Å². The number of esters is 1. The van der Waals surface area contributed by atoms with E-state index >= 15 is 0 Å². The monoisotopic (exact) mass is 444 g/mol. The first-order valence-corrected chi connectivity index (χ1v) is 12.3. The SMILES string of the molecule is COC(=O)C1CC(S(=O)(=O)c2ccccc2)=C2C=C(S(=O)(=O)c3ccccc3)CC21. The molecule has 0 saturated heterocycles. The molecule has 0 saturated carbocycles. The Morgan fingerprint density at radius 2 is 1.37 bits per heavy atom. The predicted molar refractivity (Wildman–Crippen MR) is 111 cm³/mol. The van der Waals surface area contributed by atoms with Crippen molar-refractivity contribution in [1.82, 2.24) is 0 Å². The van der Waals surface area contributed by atoms with Crippen molar-refractivity contribution in [3.63, 3.8) is 0 Å². The Kier molecular flexibility index (Phi) is 5.15. The molecular formula is C22H20O6S2. The predicted octanol–water partition coefficient (Wildman–Crippen LogP) is 3.29. The quantitative estimate of drug-likeness (QED) is 0.657. The molecule has 2 atom stereocenters. The summed E-state index contributed by atoms with van der Waals surface area (Å²) in [5, 5.41) is 0. The number of ether oxygens (including phenoxy) is 1. The number of rotatable bonds is 5. The Balaban J connectivity index is 1.84. The highest BCUT2D eigenvalue weighted by atomic mass is 32.2. The fourth-order valence-electron chi connectivity index (χ4n) is 4.12. The van der Waals surface area contributed by atoms with Gasteiger partial charge in [0.05, 0.1) is 32.6 Å². The number of allylic oxidation sites excluding steroid dienone is 4. The largest absolute Gasteiger partial charge is 0.469 e. The number of benzene rings is 2. The zero-order chi connectivity index (χ0) is 21.5. The molecule has 2 aromatic carbocycles. The van der Waals surface area contributed by atoms with E-state index in [2.05, 4.69) is 0 Å². The molecule has 8 heteroatoms. The smallest absolute Gasteiger partial charge is 0.309 e. The van der Waals surface area contributed by atoms with Crippen LogP contribution >= 0.6 is 0 Å². The van der Waals surface area contributed by atoms with E-state index in [1.54, 1.807) is 36.4 Å². The Labute approximate surface area is 175 Å². The lowest BCUT2D eigenvalue weighted by atomic mass is 9.92. The molecule has 4 rings (SSSR count). The summed E-state index contributed by atoms with van der Waals surface area (Å²) in [4.78, 5) is 12.8. The molecule has 30 heavy (non-hydrogen) atoms.